The van der Waals surface area contributed by atoms with Crippen molar-refractivity contribution in [2.45, 2.75) is 25.4 Å². The first-order valence-corrected chi connectivity index (χ1v) is 6.66. The number of hydrogen-bond acceptors (Lipinski definition) is 4. The van der Waals surface area contributed by atoms with Crippen LogP contribution in [0.1, 0.15) is 18.7 Å². The van der Waals surface area contributed by atoms with E-state index in [4.69, 9.17) is 10.5 Å². The van der Waals surface area contributed by atoms with Gasteiger partial charge in [-0.2, -0.15) is 0 Å². The summed E-state index contributed by atoms with van der Waals surface area (Å²) >= 11 is 0. The molecule has 1 saturated heterocycles. The van der Waals surface area contributed by atoms with Gasteiger partial charge >= 0.3 is 0 Å². The zero-order chi connectivity index (χ0) is 13.0. The van der Waals surface area contributed by atoms with Gasteiger partial charge in [-0.05, 0) is 25.8 Å². The third kappa shape index (κ3) is 3.10. The molecule has 2 unspecified atom stereocenters. The van der Waals surface area contributed by atoms with Crippen molar-refractivity contribution in [3.8, 4) is 0 Å². The summed E-state index contributed by atoms with van der Waals surface area (Å²) in [4.78, 5) is 6.67. The Morgan fingerprint density at radius 1 is 1.67 bits per heavy atom. The van der Waals surface area contributed by atoms with Gasteiger partial charge in [-0.15, -0.1) is 0 Å². The summed E-state index contributed by atoms with van der Waals surface area (Å²) in [6.07, 6.45) is 6.18. The number of nitrogens with zero attached hydrogens (tertiary/aromatic N) is 3. The van der Waals surface area contributed by atoms with Gasteiger partial charge in [-0.3, -0.25) is 4.90 Å². The van der Waals surface area contributed by atoms with E-state index in [1.807, 2.05) is 19.4 Å². The summed E-state index contributed by atoms with van der Waals surface area (Å²) in [5.41, 5.74) is 5.95. The van der Waals surface area contributed by atoms with E-state index in [9.17, 15) is 0 Å². The number of likely N-dealkylation sites (N-methyl/N-ethyl adjacent to an activating group) is 1. The van der Waals surface area contributed by atoms with Crippen molar-refractivity contribution < 1.29 is 4.74 Å². The first kappa shape index (κ1) is 13.5. The zero-order valence-electron chi connectivity index (χ0n) is 11.4. The molecule has 1 aromatic heterocycles. The van der Waals surface area contributed by atoms with Gasteiger partial charge in [0, 0.05) is 38.6 Å². The van der Waals surface area contributed by atoms with E-state index < -0.39 is 0 Å². The molecule has 0 saturated carbocycles. The zero-order valence-corrected chi connectivity index (χ0v) is 11.4. The molecule has 1 aliphatic heterocycles. The maximum Gasteiger partial charge on any atom is 0.122 e. The first-order valence-electron chi connectivity index (χ1n) is 6.66. The quantitative estimate of drug-likeness (QED) is 0.834. The highest BCUT2D eigenvalue weighted by molar-refractivity contribution is 4.92. The number of rotatable bonds is 5. The van der Waals surface area contributed by atoms with Crippen molar-refractivity contribution in [3.05, 3.63) is 18.2 Å². The molecule has 0 bridgehead atoms. The summed E-state index contributed by atoms with van der Waals surface area (Å²) in [5, 5.41) is 0. The lowest BCUT2D eigenvalue weighted by Gasteiger charge is -2.35. The molecule has 1 fully saturated rings. The van der Waals surface area contributed by atoms with Crippen LogP contribution in [0.3, 0.4) is 0 Å². The molecule has 2 atom stereocenters. The van der Waals surface area contributed by atoms with Crippen LogP contribution in [0.4, 0.5) is 0 Å². The molecular formula is C13H24N4O. The average Bonchev–Trinajstić information content (AvgIpc) is 2.77. The van der Waals surface area contributed by atoms with Gasteiger partial charge in [0.2, 0.25) is 0 Å². The van der Waals surface area contributed by atoms with Crippen LogP contribution in [0, 0.1) is 5.92 Å². The molecule has 5 heteroatoms. The van der Waals surface area contributed by atoms with Crippen LogP contribution < -0.4 is 5.73 Å². The Kier molecular flexibility index (Phi) is 4.74. The Morgan fingerprint density at radius 3 is 3.06 bits per heavy atom. The highest BCUT2D eigenvalue weighted by atomic mass is 16.5. The molecule has 2 N–H and O–H groups in total. The Balaban J connectivity index is 1.96. The second-order valence-corrected chi connectivity index (χ2v) is 5.15. The van der Waals surface area contributed by atoms with Gasteiger partial charge < -0.3 is 15.0 Å². The summed E-state index contributed by atoms with van der Waals surface area (Å²) in [6, 6.07) is 0.377. The van der Waals surface area contributed by atoms with E-state index in [-0.39, 0.29) is 0 Å². The Morgan fingerprint density at radius 2 is 2.50 bits per heavy atom. The van der Waals surface area contributed by atoms with Crippen molar-refractivity contribution in [1.29, 1.82) is 0 Å². The maximum absolute atomic E-state index is 5.95. The summed E-state index contributed by atoms with van der Waals surface area (Å²) < 4.78 is 7.63. The third-order valence-electron chi connectivity index (χ3n) is 3.86. The van der Waals surface area contributed by atoms with E-state index in [0.29, 0.717) is 18.5 Å². The van der Waals surface area contributed by atoms with E-state index >= 15 is 0 Å². The molecule has 0 aromatic carbocycles. The van der Waals surface area contributed by atoms with Crippen molar-refractivity contribution in [1.82, 2.24) is 14.5 Å². The lowest BCUT2D eigenvalue weighted by Crippen LogP contribution is -2.46. The fourth-order valence-electron chi connectivity index (χ4n) is 2.69. The Labute approximate surface area is 109 Å². The Hall–Kier alpha value is -0.910. The number of aryl methyl sites for hydroxylation is 1. The standard InChI is InChI=1S/C13H24N4O/c1-16-6-5-15-13(16)9-17(2)12(8-14)11-4-3-7-18-10-11/h5-6,11-12H,3-4,7-10,14H2,1-2H3. The minimum absolute atomic E-state index is 0.377. The van der Waals surface area contributed by atoms with Crippen LogP contribution in [-0.4, -0.2) is 47.3 Å². The fourth-order valence-corrected chi connectivity index (χ4v) is 2.69. The second kappa shape index (κ2) is 6.31. The number of ether oxygens (including phenoxy) is 1. The minimum atomic E-state index is 0.377. The van der Waals surface area contributed by atoms with E-state index in [1.165, 1.54) is 6.42 Å². The van der Waals surface area contributed by atoms with Crippen LogP contribution in [0.5, 0.6) is 0 Å². The molecule has 2 rings (SSSR count). The fraction of sp³-hybridized carbons (Fsp3) is 0.769. The monoisotopic (exact) mass is 252 g/mol. The lowest BCUT2D eigenvalue weighted by molar-refractivity contribution is 0.0149. The van der Waals surface area contributed by atoms with Crippen LogP contribution in [-0.2, 0) is 18.3 Å². The number of imidazole rings is 1. The SMILES string of the molecule is CN(Cc1nccn1C)C(CN)C1CCCOC1. The summed E-state index contributed by atoms with van der Waals surface area (Å²) in [7, 11) is 4.15. The van der Waals surface area contributed by atoms with E-state index in [1.54, 1.807) is 0 Å². The van der Waals surface area contributed by atoms with Gasteiger partial charge in [0.05, 0.1) is 13.2 Å². The molecule has 2 heterocycles. The summed E-state index contributed by atoms with van der Waals surface area (Å²) in [5.74, 6) is 1.63. The first-order chi connectivity index (χ1) is 8.72. The molecule has 0 spiro atoms. The van der Waals surface area contributed by atoms with Crippen LogP contribution >= 0.6 is 0 Å². The molecule has 0 radical (unpaired) electrons. The van der Waals surface area contributed by atoms with E-state index in [2.05, 4.69) is 21.5 Å². The van der Waals surface area contributed by atoms with Gasteiger partial charge in [-0.25, -0.2) is 4.98 Å². The van der Waals surface area contributed by atoms with Gasteiger partial charge in [0.25, 0.3) is 0 Å². The van der Waals surface area contributed by atoms with Crippen molar-refractivity contribution in [3.63, 3.8) is 0 Å². The third-order valence-corrected chi connectivity index (χ3v) is 3.86. The topological polar surface area (TPSA) is 56.3 Å². The molecule has 1 aromatic rings. The van der Waals surface area contributed by atoms with Crippen molar-refractivity contribution >= 4 is 0 Å². The second-order valence-electron chi connectivity index (χ2n) is 5.15. The van der Waals surface area contributed by atoms with Crippen LogP contribution in [0.2, 0.25) is 0 Å². The van der Waals surface area contributed by atoms with Crippen molar-refractivity contribution in [2.24, 2.45) is 18.7 Å². The number of aromatic nitrogens is 2. The molecule has 18 heavy (non-hydrogen) atoms. The molecular weight excluding hydrogens is 228 g/mol. The minimum Gasteiger partial charge on any atom is -0.381 e. The molecule has 102 valence electrons. The predicted octanol–water partition coefficient (Wildman–Crippen LogP) is 0.606. The van der Waals surface area contributed by atoms with Crippen molar-refractivity contribution in [2.75, 3.05) is 26.8 Å². The highest BCUT2D eigenvalue weighted by Gasteiger charge is 2.26. The highest BCUT2D eigenvalue weighted by Crippen LogP contribution is 2.21. The molecule has 0 amide bonds. The smallest absolute Gasteiger partial charge is 0.122 e. The number of hydrogen-bond donors (Lipinski definition) is 1. The largest absolute Gasteiger partial charge is 0.381 e. The van der Waals surface area contributed by atoms with Crippen LogP contribution in [0.25, 0.3) is 0 Å². The molecule has 1 aliphatic rings. The van der Waals surface area contributed by atoms with E-state index in [0.717, 1.165) is 32.0 Å². The van der Waals surface area contributed by atoms with Gasteiger partial charge in [0.1, 0.15) is 5.82 Å². The Bertz CT molecular complexity index is 360. The molecule has 5 nitrogen and oxygen atoms in total. The summed E-state index contributed by atoms with van der Waals surface area (Å²) in [6.45, 7) is 3.25. The maximum atomic E-state index is 5.95. The lowest BCUT2D eigenvalue weighted by atomic mass is 9.93. The molecule has 0 aliphatic carbocycles. The van der Waals surface area contributed by atoms with Gasteiger partial charge in [0.15, 0.2) is 0 Å². The number of nitrogens with two attached hydrogens (primary N) is 1. The van der Waals surface area contributed by atoms with Gasteiger partial charge in [-0.1, -0.05) is 0 Å². The normalized spacial score (nSPS) is 22.3. The average molecular weight is 252 g/mol. The predicted molar refractivity (Wildman–Crippen MR) is 71.1 cm³/mol. The van der Waals surface area contributed by atoms with Crippen LogP contribution in [0.15, 0.2) is 12.4 Å².